The summed E-state index contributed by atoms with van der Waals surface area (Å²) < 4.78 is 23.1. The van der Waals surface area contributed by atoms with Crippen LogP contribution < -0.4 is 11.1 Å². The van der Waals surface area contributed by atoms with Crippen LogP contribution in [0.2, 0.25) is 0 Å². The van der Waals surface area contributed by atoms with E-state index in [0.717, 1.165) is 5.56 Å². The van der Waals surface area contributed by atoms with Crippen LogP contribution in [-0.4, -0.2) is 77.3 Å². The van der Waals surface area contributed by atoms with Gasteiger partial charge in [-0.15, -0.1) is 0 Å². The van der Waals surface area contributed by atoms with E-state index in [1.807, 2.05) is 24.3 Å². The average Bonchev–Trinajstić information content (AvgIpc) is 3.53. The smallest absolute Gasteiger partial charge is 0.408 e. The van der Waals surface area contributed by atoms with Crippen molar-refractivity contribution in [2.24, 2.45) is 21.7 Å². The zero-order chi connectivity index (χ0) is 31.4. The fourth-order valence-electron chi connectivity index (χ4n) is 5.13. The summed E-state index contributed by atoms with van der Waals surface area (Å²) in [6.07, 6.45) is 0.749. The number of amidine groups is 1. The number of hydrazone groups is 1. The predicted octanol–water partition coefficient (Wildman–Crippen LogP) is 2.56. The molecule has 1 saturated heterocycles. The summed E-state index contributed by atoms with van der Waals surface area (Å²) in [6.45, 7) is 8.38. The van der Waals surface area contributed by atoms with Crippen molar-refractivity contribution >= 4 is 30.2 Å². The Balaban J connectivity index is 1.53. The number of nitrogens with zero attached hydrogens (tertiary/aromatic N) is 4. The molecule has 4 rings (SSSR count). The highest BCUT2D eigenvalue weighted by Crippen LogP contribution is 2.42. The first-order chi connectivity index (χ1) is 20.3. The highest BCUT2D eigenvalue weighted by molar-refractivity contribution is 6.02. The lowest BCUT2D eigenvalue weighted by Gasteiger charge is -2.35. The number of ether oxygens (including phenoxy) is 4. The summed E-state index contributed by atoms with van der Waals surface area (Å²) in [7, 11) is 0. The number of esters is 2. The number of benzene rings is 1. The van der Waals surface area contributed by atoms with Gasteiger partial charge >= 0.3 is 18.0 Å². The van der Waals surface area contributed by atoms with Crippen LogP contribution in [0.25, 0.3) is 0 Å². The molecule has 13 heteroatoms. The minimum absolute atomic E-state index is 0.0354. The summed E-state index contributed by atoms with van der Waals surface area (Å²) in [5.74, 6) is -1.33. The molecule has 0 saturated carbocycles. The van der Waals surface area contributed by atoms with Gasteiger partial charge in [-0.2, -0.15) is 10.4 Å². The van der Waals surface area contributed by atoms with E-state index in [2.05, 4.69) is 21.5 Å². The van der Waals surface area contributed by atoms with E-state index in [0.29, 0.717) is 12.1 Å². The molecule has 43 heavy (non-hydrogen) atoms. The van der Waals surface area contributed by atoms with Crippen LogP contribution in [-0.2, 0) is 35.0 Å². The van der Waals surface area contributed by atoms with Crippen LogP contribution in [0.4, 0.5) is 4.79 Å². The molecule has 0 aliphatic carbocycles. The van der Waals surface area contributed by atoms with Gasteiger partial charge < -0.3 is 30.0 Å². The number of nitriles is 1. The van der Waals surface area contributed by atoms with E-state index in [-0.39, 0.29) is 31.2 Å². The van der Waals surface area contributed by atoms with Gasteiger partial charge in [0.2, 0.25) is 0 Å². The Bertz CT molecular complexity index is 1350. The van der Waals surface area contributed by atoms with Crippen LogP contribution in [0.1, 0.15) is 53.0 Å². The Labute approximate surface area is 250 Å². The van der Waals surface area contributed by atoms with Crippen molar-refractivity contribution in [3.05, 3.63) is 47.7 Å². The van der Waals surface area contributed by atoms with E-state index in [1.165, 1.54) is 6.34 Å². The number of aliphatic imine (C=N–C) groups is 1. The Kier molecular flexibility index (Phi) is 9.40. The lowest BCUT2D eigenvalue weighted by Crippen LogP contribution is -2.50. The quantitative estimate of drug-likeness (QED) is 0.319. The highest BCUT2D eigenvalue weighted by Gasteiger charge is 2.57. The van der Waals surface area contributed by atoms with Gasteiger partial charge in [0.05, 0.1) is 18.2 Å². The number of hydrogen-bond donors (Lipinski definition) is 2. The van der Waals surface area contributed by atoms with Crippen molar-refractivity contribution in [1.82, 2.24) is 10.3 Å². The van der Waals surface area contributed by atoms with Gasteiger partial charge in [0.25, 0.3) is 0 Å². The first kappa shape index (κ1) is 31.5. The van der Waals surface area contributed by atoms with Gasteiger partial charge in [0, 0.05) is 6.42 Å². The molecule has 3 heterocycles. The molecule has 1 aromatic carbocycles. The largest absolute Gasteiger partial charge is 0.463 e. The summed E-state index contributed by atoms with van der Waals surface area (Å²) in [5.41, 5.74) is 5.08. The minimum atomic E-state index is -1.50. The Morgan fingerprint density at radius 1 is 1.26 bits per heavy atom. The number of amides is 1. The van der Waals surface area contributed by atoms with Crippen molar-refractivity contribution in [1.29, 1.82) is 5.26 Å². The molecule has 1 unspecified atom stereocenters. The maximum atomic E-state index is 13.4. The van der Waals surface area contributed by atoms with E-state index in [1.54, 1.807) is 51.8 Å². The molecular formula is C30H38N6O7. The first-order valence-electron chi connectivity index (χ1n) is 14.2. The normalized spacial score (nSPS) is 25.2. The molecule has 1 amide bonds. The fourth-order valence-corrected chi connectivity index (χ4v) is 5.13. The molecule has 0 radical (unpaired) electrons. The van der Waals surface area contributed by atoms with Crippen molar-refractivity contribution in [2.75, 3.05) is 6.61 Å². The third-order valence-corrected chi connectivity index (χ3v) is 7.18. The van der Waals surface area contributed by atoms with Crippen molar-refractivity contribution in [2.45, 2.75) is 89.4 Å². The lowest BCUT2D eigenvalue weighted by atomic mass is 9.89. The summed E-state index contributed by atoms with van der Waals surface area (Å²) in [5, 5.41) is 18.9. The molecule has 0 aromatic heterocycles. The molecule has 5 atom stereocenters. The number of hydrogen-bond acceptors (Lipinski definition) is 12. The van der Waals surface area contributed by atoms with Gasteiger partial charge in [-0.3, -0.25) is 9.80 Å². The van der Waals surface area contributed by atoms with Gasteiger partial charge in [0.15, 0.2) is 11.4 Å². The molecule has 0 spiro atoms. The van der Waals surface area contributed by atoms with Crippen LogP contribution in [0.5, 0.6) is 0 Å². The number of carbonyl (C=O) groups is 3. The molecule has 13 nitrogen and oxygen atoms in total. The zero-order valence-corrected chi connectivity index (χ0v) is 25.0. The number of nitrogens with two attached hydrogens (primary N) is 1. The van der Waals surface area contributed by atoms with E-state index < -0.39 is 53.5 Å². The van der Waals surface area contributed by atoms with Crippen molar-refractivity contribution in [3.8, 4) is 6.07 Å². The fraction of sp³-hybridized carbons (Fsp3) is 0.533. The van der Waals surface area contributed by atoms with Crippen LogP contribution in [0.15, 0.2) is 52.2 Å². The molecule has 1 fully saturated rings. The van der Waals surface area contributed by atoms with Crippen LogP contribution >= 0.6 is 0 Å². The number of alkyl carbamates (subject to hydrolysis) is 1. The molecule has 3 aliphatic heterocycles. The van der Waals surface area contributed by atoms with Crippen molar-refractivity contribution < 1.29 is 33.3 Å². The van der Waals surface area contributed by atoms with E-state index in [9.17, 15) is 19.6 Å². The minimum Gasteiger partial charge on any atom is -0.463 e. The lowest BCUT2D eigenvalue weighted by molar-refractivity contribution is -0.161. The molecule has 0 bridgehead atoms. The van der Waals surface area contributed by atoms with Gasteiger partial charge in [0.1, 0.15) is 42.9 Å². The molecule has 3 aliphatic rings. The van der Waals surface area contributed by atoms with Gasteiger partial charge in [-0.25, -0.2) is 14.6 Å². The monoisotopic (exact) mass is 594 g/mol. The van der Waals surface area contributed by atoms with Crippen LogP contribution in [0.3, 0.4) is 0 Å². The predicted molar refractivity (Wildman–Crippen MR) is 155 cm³/mol. The molecule has 3 N–H and O–H groups in total. The number of rotatable bonds is 9. The van der Waals surface area contributed by atoms with E-state index >= 15 is 0 Å². The van der Waals surface area contributed by atoms with Gasteiger partial charge in [-0.05, 0) is 38.7 Å². The summed E-state index contributed by atoms with van der Waals surface area (Å²) in [6, 6.07) is 9.71. The zero-order valence-electron chi connectivity index (χ0n) is 25.0. The molecule has 230 valence electrons. The summed E-state index contributed by atoms with van der Waals surface area (Å²) in [4.78, 5) is 42.6. The van der Waals surface area contributed by atoms with E-state index in [4.69, 9.17) is 24.7 Å². The maximum Gasteiger partial charge on any atom is 0.408 e. The Hall–Kier alpha value is -4.44. The second-order valence-electron chi connectivity index (χ2n) is 12.0. The first-order valence-corrected chi connectivity index (χ1v) is 14.2. The SMILES string of the molecule is CC(C)[C@H](NC(=O)OC(C)(C)C)C(=O)O[C@H]1C[C@](C#N)(C2CC=C3C(N)=NC=NN32)O[C@@H]1COC(=O)Cc1ccccc1. The van der Waals surface area contributed by atoms with Crippen molar-refractivity contribution in [3.63, 3.8) is 0 Å². The second-order valence-corrected chi connectivity index (χ2v) is 12.0. The number of fused-ring (bicyclic) bond motifs is 1. The van der Waals surface area contributed by atoms with Crippen LogP contribution in [0, 0.1) is 17.2 Å². The summed E-state index contributed by atoms with van der Waals surface area (Å²) >= 11 is 0. The third-order valence-electron chi connectivity index (χ3n) is 7.18. The third kappa shape index (κ3) is 7.50. The number of carbonyl (C=O) groups excluding carboxylic acids is 3. The topological polar surface area (TPSA) is 178 Å². The number of nitrogens with one attached hydrogen (secondary N) is 1. The Morgan fingerprint density at radius 3 is 2.63 bits per heavy atom. The standard InChI is InChI=1S/C30H38N6O7/c1-18(2)25(35-28(39)43-29(3,4)5)27(38)41-21-14-30(16-31,23-12-11-20-26(32)33-17-34-36(20)23)42-22(21)15-40-24(37)13-19-9-7-6-8-10-19/h6-11,17-18,21-23,25H,12-15H2,1-5H3,(H,35,39)(H2,32,33,34)/t21-,22+,23?,25-,30-/m0/s1. The second kappa shape index (κ2) is 12.8. The van der Waals surface area contributed by atoms with Gasteiger partial charge in [-0.1, -0.05) is 50.3 Å². The maximum absolute atomic E-state index is 13.4. The highest BCUT2D eigenvalue weighted by atomic mass is 16.6. The molecule has 1 aromatic rings. The average molecular weight is 595 g/mol. The molecular weight excluding hydrogens is 556 g/mol. The Morgan fingerprint density at radius 2 is 1.98 bits per heavy atom.